The molecule has 0 fully saturated rings. The molecule has 12 heavy (non-hydrogen) atoms. The van der Waals surface area contributed by atoms with E-state index in [0.717, 1.165) is 12.2 Å². The van der Waals surface area contributed by atoms with Gasteiger partial charge in [-0.25, -0.2) is 0 Å². The van der Waals surface area contributed by atoms with Crippen molar-refractivity contribution in [3.8, 4) is 0 Å². The summed E-state index contributed by atoms with van der Waals surface area (Å²) >= 11 is 0. The van der Waals surface area contributed by atoms with E-state index < -0.39 is 0 Å². The second kappa shape index (κ2) is 5.34. The molecule has 0 aromatic rings. The van der Waals surface area contributed by atoms with Gasteiger partial charge < -0.3 is 4.79 Å². The van der Waals surface area contributed by atoms with Gasteiger partial charge in [0.1, 0.15) is 6.29 Å². The fraction of sp³-hybridized carbons (Fsp3) is 0.909. The molecule has 0 N–H and O–H groups in total. The van der Waals surface area contributed by atoms with Crippen molar-refractivity contribution in [1.82, 2.24) is 0 Å². The Morgan fingerprint density at radius 2 is 1.58 bits per heavy atom. The molecule has 4 atom stereocenters. The lowest BCUT2D eigenvalue weighted by molar-refractivity contribution is -0.112. The molecule has 0 saturated heterocycles. The van der Waals surface area contributed by atoms with Gasteiger partial charge in [0.05, 0.1) is 0 Å². The molecule has 0 heterocycles. The number of rotatable bonds is 5. The molecular weight excluding hydrogens is 148 g/mol. The van der Waals surface area contributed by atoms with E-state index in [1.54, 1.807) is 0 Å². The summed E-state index contributed by atoms with van der Waals surface area (Å²) in [6, 6.07) is 0. The van der Waals surface area contributed by atoms with Gasteiger partial charge in [0.15, 0.2) is 0 Å². The van der Waals surface area contributed by atoms with E-state index in [-0.39, 0.29) is 5.92 Å². The molecule has 0 spiro atoms. The van der Waals surface area contributed by atoms with Crippen molar-refractivity contribution in [2.24, 2.45) is 23.7 Å². The Morgan fingerprint density at radius 3 is 1.92 bits per heavy atom. The Morgan fingerprint density at radius 1 is 1.08 bits per heavy atom. The van der Waals surface area contributed by atoms with Crippen LogP contribution in [0.3, 0.4) is 0 Å². The third-order valence-electron chi connectivity index (χ3n) is 3.41. The van der Waals surface area contributed by atoms with Gasteiger partial charge in [-0.3, -0.25) is 0 Å². The van der Waals surface area contributed by atoms with Crippen LogP contribution in [0.25, 0.3) is 0 Å². The Kier molecular flexibility index (Phi) is 5.19. The van der Waals surface area contributed by atoms with Gasteiger partial charge in [-0.1, -0.05) is 41.0 Å². The molecule has 0 rings (SSSR count). The van der Waals surface area contributed by atoms with Gasteiger partial charge >= 0.3 is 0 Å². The fourth-order valence-electron chi connectivity index (χ4n) is 1.49. The van der Waals surface area contributed by atoms with Crippen LogP contribution in [-0.4, -0.2) is 6.29 Å². The summed E-state index contributed by atoms with van der Waals surface area (Å²) in [5, 5.41) is 0. The van der Waals surface area contributed by atoms with Crippen LogP contribution in [0, 0.1) is 23.7 Å². The lowest BCUT2D eigenvalue weighted by Crippen LogP contribution is -2.22. The smallest absolute Gasteiger partial charge is 0.123 e. The summed E-state index contributed by atoms with van der Waals surface area (Å²) in [6.07, 6.45) is 2.28. The van der Waals surface area contributed by atoms with Crippen LogP contribution < -0.4 is 0 Å². The molecule has 0 aliphatic carbocycles. The maximum absolute atomic E-state index is 10.6. The maximum Gasteiger partial charge on any atom is 0.123 e. The van der Waals surface area contributed by atoms with E-state index in [9.17, 15) is 4.79 Å². The highest BCUT2D eigenvalue weighted by molar-refractivity contribution is 5.53. The van der Waals surface area contributed by atoms with Crippen molar-refractivity contribution in [2.45, 2.75) is 41.0 Å². The Balaban J connectivity index is 4.07. The first-order chi connectivity index (χ1) is 5.54. The SMILES string of the molecule is CC[C@H](C)[C@@H](C)[C@H](C)[C@H](C)C=O. The average molecular weight is 170 g/mol. The van der Waals surface area contributed by atoms with Crippen LogP contribution in [0.1, 0.15) is 41.0 Å². The second-order valence-electron chi connectivity index (χ2n) is 4.10. The lowest BCUT2D eigenvalue weighted by Gasteiger charge is -2.27. The minimum absolute atomic E-state index is 0.203. The summed E-state index contributed by atoms with van der Waals surface area (Å²) in [5.41, 5.74) is 0. The third kappa shape index (κ3) is 2.96. The van der Waals surface area contributed by atoms with Gasteiger partial charge in [0, 0.05) is 5.92 Å². The van der Waals surface area contributed by atoms with Crippen molar-refractivity contribution in [1.29, 1.82) is 0 Å². The van der Waals surface area contributed by atoms with Crippen LogP contribution in [0.4, 0.5) is 0 Å². The molecule has 0 unspecified atom stereocenters. The van der Waals surface area contributed by atoms with Crippen molar-refractivity contribution >= 4 is 6.29 Å². The standard InChI is InChI=1S/C11H22O/c1-6-8(2)10(4)11(5)9(3)7-12/h7-11H,6H2,1-5H3/t8-,9+,10+,11+/m0/s1. The summed E-state index contributed by atoms with van der Waals surface area (Å²) < 4.78 is 0. The highest BCUT2D eigenvalue weighted by Gasteiger charge is 2.22. The predicted octanol–water partition coefficient (Wildman–Crippen LogP) is 3.14. The quantitative estimate of drug-likeness (QED) is 0.579. The number of carbonyl (C=O) groups is 1. The van der Waals surface area contributed by atoms with E-state index >= 15 is 0 Å². The predicted molar refractivity (Wildman–Crippen MR) is 53.0 cm³/mol. The molecule has 0 saturated carbocycles. The molecule has 0 aliphatic heterocycles. The van der Waals surface area contributed by atoms with Crippen LogP contribution in [0.5, 0.6) is 0 Å². The Bertz CT molecular complexity index is 131. The Hall–Kier alpha value is -0.330. The highest BCUT2D eigenvalue weighted by Crippen LogP contribution is 2.27. The van der Waals surface area contributed by atoms with Crippen molar-refractivity contribution in [3.05, 3.63) is 0 Å². The van der Waals surface area contributed by atoms with E-state index in [1.165, 1.54) is 6.42 Å². The molecule has 0 aromatic heterocycles. The van der Waals surface area contributed by atoms with Crippen LogP contribution in [0.15, 0.2) is 0 Å². The number of aldehydes is 1. The second-order valence-corrected chi connectivity index (χ2v) is 4.10. The van der Waals surface area contributed by atoms with Crippen LogP contribution in [-0.2, 0) is 4.79 Å². The minimum atomic E-state index is 0.203. The molecule has 0 amide bonds. The van der Waals surface area contributed by atoms with E-state index in [0.29, 0.717) is 11.8 Å². The summed E-state index contributed by atoms with van der Waals surface area (Å²) in [5.74, 6) is 2.09. The monoisotopic (exact) mass is 170 g/mol. The zero-order valence-corrected chi connectivity index (χ0v) is 9.00. The number of hydrogen-bond donors (Lipinski definition) is 0. The maximum atomic E-state index is 10.6. The molecule has 72 valence electrons. The molecule has 1 nitrogen and oxygen atoms in total. The Labute approximate surface area is 76.6 Å². The topological polar surface area (TPSA) is 17.1 Å². The molecule has 0 aliphatic rings. The van der Waals surface area contributed by atoms with E-state index in [2.05, 4.69) is 27.7 Å². The van der Waals surface area contributed by atoms with Gasteiger partial charge in [-0.15, -0.1) is 0 Å². The third-order valence-corrected chi connectivity index (χ3v) is 3.41. The van der Waals surface area contributed by atoms with Crippen molar-refractivity contribution in [2.75, 3.05) is 0 Å². The van der Waals surface area contributed by atoms with Gasteiger partial charge in [0.2, 0.25) is 0 Å². The normalized spacial score (nSPS) is 21.1. The van der Waals surface area contributed by atoms with Gasteiger partial charge in [-0.2, -0.15) is 0 Å². The first kappa shape index (κ1) is 11.7. The fourth-order valence-corrected chi connectivity index (χ4v) is 1.49. The largest absolute Gasteiger partial charge is 0.303 e. The van der Waals surface area contributed by atoms with Crippen LogP contribution in [0.2, 0.25) is 0 Å². The van der Waals surface area contributed by atoms with Gasteiger partial charge in [0.25, 0.3) is 0 Å². The molecule has 1 heteroatoms. The first-order valence-corrected chi connectivity index (χ1v) is 4.99. The highest BCUT2D eigenvalue weighted by atomic mass is 16.1. The zero-order valence-electron chi connectivity index (χ0n) is 9.00. The lowest BCUT2D eigenvalue weighted by atomic mass is 9.78. The van der Waals surface area contributed by atoms with Gasteiger partial charge in [-0.05, 0) is 17.8 Å². The first-order valence-electron chi connectivity index (χ1n) is 4.99. The summed E-state index contributed by atoms with van der Waals surface area (Å²) in [4.78, 5) is 10.6. The minimum Gasteiger partial charge on any atom is -0.303 e. The van der Waals surface area contributed by atoms with Crippen molar-refractivity contribution in [3.63, 3.8) is 0 Å². The van der Waals surface area contributed by atoms with Crippen molar-refractivity contribution < 1.29 is 4.79 Å². The zero-order chi connectivity index (χ0) is 9.72. The number of hydrogen-bond acceptors (Lipinski definition) is 1. The molecule has 0 aromatic carbocycles. The summed E-state index contributed by atoms with van der Waals surface area (Å²) in [6.45, 7) is 10.9. The van der Waals surface area contributed by atoms with E-state index in [4.69, 9.17) is 0 Å². The van der Waals surface area contributed by atoms with E-state index in [1.807, 2.05) is 6.92 Å². The van der Waals surface area contributed by atoms with Crippen LogP contribution >= 0.6 is 0 Å². The molecule has 0 radical (unpaired) electrons. The molecule has 0 bridgehead atoms. The molecular formula is C11H22O. The average Bonchev–Trinajstić information content (AvgIpc) is 2.12. The number of carbonyl (C=O) groups excluding carboxylic acids is 1. The summed E-state index contributed by atoms with van der Waals surface area (Å²) in [7, 11) is 0.